The number of benzene rings is 1. The van der Waals surface area contributed by atoms with Gasteiger partial charge >= 0.3 is 0 Å². The van der Waals surface area contributed by atoms with E-state index >= 15 is 0 Å². The summed E-state index contributed by atoms with van der Waals surface area (Å²) in [5, 5.41) is 3.62. The number of hydrogen-bond donors (Lipinski definition) is 1. The molecule has 0 saturated carbocycles. The number of rotatable bonds is 5. The first kappa shape index (κ1) is 16.3. The Bertz CT molecular complexity index is 450. The highest BCUT2D eigenvalue weighted by molar-refractivity contribution is 6.30. The fraction of sp³-hybridized carbons (Fsp3) is 0.588. The summed E-state index contributed by atoms with van der Waals surface area (Å²) in [6, 6.07) is 7.00. The molecule has 3 nitrogen and oxygen atoms in total. The third-order valence-electron chi connectivity index (χ3n) is 3.99. The van der Waals surface area contributed by atoms with Gasteiger partial charge in [0.15, 0.2) is 0 Å². The van der Waals surface area contributed by atoms with Gasteiger partial charge in [-0.2, -0.15) is 0 Å². The van der Waals surface area contributed by atoms with Gasteiger partial charge in [-0.05, 0) is 55.5 Å². The standard InChI is InChI=1S/C17H25ClN2O/c1-13-10-14(2)12-20(11-13)9-3-8-19-17(21)15-4-6-16(18)7-5-15/h4-7,13-14H,3,8-12H2,1-2H3,(H,19,21)/t13-,14-/m0/s1. The zero-order valence-electron chi connectivity index (χ0n) is 12.9. The van der Waals surface area contributed by atoms with Crippen LogP contribution in [0, 0.1) is 11.8 Å². The largest absolute Gasteiger partial charge is 0.352 e. The molecule has 1 heterocycles. The highest BCUT2D eigenvalue weighted by Gasteiger charge is 2.21. The van der Waals surface area contributed by atoms with Crippen LogP contribution >= 0.6 is 11.6 Å². The van der Waals surface area contributed by atoms with Gasteiger partial charge in [-0.3, -0.25) is 4.79 Å². The highest BCUT2D eigenvalue weighted by atomic mass is 35.5. The van der Waals surface area contributed by atoms with E-state index in [2.05, 4.69) is 24.1 Å². The van der Waals surface area contributed by atoms with Crippen LogP contribution in [0.2, 0.25) is 5.02 Å². The van der Waals surface area contributed by atoms with E-state index in [-0.39, 0.29) is 5.91 Å². The molecule has 0 spiro atoms. The maximum atomic E-state index is 11.9. The lowest BCUT2D eigenvalue weighted by molar-refractivity contribution is 0.0947. The van der Waals surface area contributed by atoms with Crippen molar-refractivity contribution in [2.75, 3.05) is 26.2 Å². The Morgan fingerprint density at radius 1 is 1.24 bits per heavy atom. The van der Waals surface area contributed by atoms with E-state index < -0.39 is 0 Å². The molecule has 0 radical (unpaired) electrons. The molecule has 0 aliphatic carbocycles. The van der Waals surface area contributed by atoms with Crippen LogP contribution in [0.4, 0.5) is 0 Å². The Morgan fingerprint density at radius 2 is 1.86 bits per heavy atom. The summed E-state index contributed by atoms with van der Waals surface area (Å²) in [6.07, 6.45) is 2.34. The van der Waals surface area contributed by atoms with E-state index in [1.54, 1.807) is 24.3 Å². The molecule has 21 heavy (non-hydrogen) atoms. The highest BCUT2D eigenvalue weighted by Crippen LogP contribution is 2.20. The van der Waals surface area contributed by atoms with Gasteiger partial charge in [0.2, 0.25) is 0 Å². The van der Waals surface area contributed by atoms with Crippen molar-refractivity contribution in [3.05, 3.63) is 34.9 Å². The summed E-state index contributed by atoms with van der Waals surface area (Å²) >= 11 is 5.82. The molecule has 0 unspecified atom stereocenters. The van der Waals surface area contributed by atoms with Gasteiger partial charge in [0.25, 0.3) is 5.91 Å². The lowest BCUT2D eigenvalue weighted by Gasteiger charge is -2.34. The number of carbonyl (C=O) groups is 1. The third kappa shape index (κ3) is 5.33. The van der Waals surface area contributed by atoms with Crippen molar-refractivity contribution in [3.8, 4) is 0 Å². The van der Waals surface area contributed by atoms with Crippen molar-refractivity contribution < 1.29 is 4.79 Å². The summed E-state index contributed by atoms with van der Waals surface area (Å²) < 4.78 is 0. The van der Waals surface area contributed by atoms with Crippen LogP contribution < -0.4 is 5.32 Å². The lowest BCUT2D eigenvalue weighted by Crippen LogP contribution is -2.40. The molecule has 1 saturated heterocycles. The van der Waals surface area contributed by atoms with E-state index in [4.69, 9.17) is 11.6 Å². The van der Waals surface area contributed by atoms with Crippen LogP contribution in [0.5, 0.6) is 0 Å². The summed E-state index contributed by atoms with van der Waals surface area (Å²) in [7, 11) is 0. The van der Waals surface area contributed by atoms with Gasteiger partial charge < -0.3 is 10.2 Å². The molecule has 0 aromatic heterocycles. The van der Waals surface area contributed by atoms with E-state index in [1.807, 2.05) is 0 Å². The number of hydrogen-bond acceptors (Lipinski definition) is 2. The zero-order valence-corrected chi connectivity index (χ0v) is 13.7. The number of nitrogens with one attached hydrogen (secondary N) is 1. The van der Waals surface area contributed by atoms with Crippen LogP contribution in [0.3, 0.4) is 0 Å². The average Bonchev–Trinajstić information content (AvgIpc) is 2.43. The molecule has 4 heteroatoms. The first-order valence-corrected chi connectivity index (χ1v) is 8.18. The fourth-order valence-corrected chi connectivity index (χ4v) is 3.31. The van der Waals surface area contributed by atoms with Crippen molar-refractivity contribution >= 4 is 17.5 Å². The summed E-state index contributed by atoms with van der Waals surface area (Å²) in [6.45, 7) is 8.82. The van der Waals surface area contributed by atoms with Crippen LogP contribution in [0.25, 0.3) is 0 Å². The molecule has 1 fully saturated rings. The minimum Gasteiger partial charge on any atom is -0.352 e. The number of nitrogens with zero attached hydrogens (tertiary/aromatic N) is 1. The molecule has 1 N–H and O–H groups in total. The van der Waals surface area contributed by atoms with E-state index in [9.17, 15) is 4.79 Å². The van der Waals surface area contributed by atoms with Gasteiger partial charge in [0, 0.05) is 30.2 Å². The Hall–Kier alpha value is -1.06. The molecule has 1 amide bonds. The maximum absolute atomic E-state index is 11.9. The van der Waals surface area contributed by atoms with Crippen molar-refractivity contribution in [2.45, 2.75) is 26.7 Å². The minimum absolute atomic E-state index is 0.0213. The molecule has 1 aliphatic heterocycles. The van der Waals surface area contributed by atoms with E-state index in [1.165, 1.54) is 19.5 Å². The predicted octanol–water partition coefficient (Wildman–Crippen LogP) is 3.44. The Labute approximate surface area is 132 Å². The number of likely N-dealkylation sites (tertiary alicyclic amines) is 1. The quantitative estimate of drug-likeness (QED) is 0.845. The SMILES string of the molecule is C[C@H]1C[C@H](C)CN(CCCNC(=O)c2ccc(Cl)cc2)C1. The van der Waals surface area contributed by atoms with Gasteiger partial charge in [-0.15, -0.1) is 0 Å². The normalized spacial score (nSPS) is 23.0. The second-order valence-electron chi connectivity index (χ2n) is 6.32. The van der Waals surface area contributed by atoms with Gasteiger partial charge in [-0.1, -0.05) is 25.4 Å². The van der Waals surface area contributed by atoms with E-state index in [0.717, 1.165) is 31.3 Å². The van der Waals surface area contributed by atoms with Crippen molar-refractivity contribution in [1.82, 2.24) is 10.2 Å². The molecule has 2 atom stereocenters. The monoisotopic (exact) mass is 308 g/mol. The fourth-order valence-electron chi connectivity index (χ4n) is 3.18. The van der Waals surface area contributed by atoms with Crippen LogP contribution in [-0.4, -0.2) is 37.0 Å². The second kappa shape index (κ2) is 7.81. The van der Waals surface area contributed by atoms with Crippen molar-refractivity contribution in [3.63, 3.8) is 0 Å². The van der Waals surface area contributed by atoms with Crippen molar-refractivity contribution in [1.29, 1.82) is 0 Å². The van der Waals surface area contributed by atoms with Crippen molar-refractivity contribution in [2.24, 2.45) is 11.8 Å². The first-order chi connectivity index (χ1) is 10.0. The van der Waals surface area contributed by atoms with Crippen LogP contribution in [0.15, 0.2) is 24.3 Å². The molecule has 1 aromatic rings. The number of halogens is 1. The van der Waals surface area contributed by atoms with Gasteiger partial charge in [0.1, 0.15) is 0 Å². The smallest absolute Gasteiger partial charge is 0.251 e. The number of piperidine rings is 1. The van der Waals surface area contributed by atoms with Gasteiger partial charge in [0.05, 0.1) is 0 Å². The Kier molecular flexibility index (Phi) is 6.07. The molecular weight excluding hydrogens is 284 g/mol. The Balaban J connectivity index is 1.67. The topological polar surface area (TPSA) is 32.3 Å². The minimum atomic E-state index is -0.0213. The second-order valence-corrected chi connectivity index (χ2v) is 6.76. The third-order valence-corrected chi connectivity index (χ3v) is 4.24. The summed E-state index contributed by atoms with van der Waals surface area (Å²) in [4.78, 5) is 14.5. The summed E-state index contributed by atoms with van der Waals surface area (Å²) in [5.74, 6) is 1.56. The number of amides is 1. The molecule has 1 aliphatic rings. The molecule has 2 rings (SSSR count). The van der Waals surface area contributed by atoms with Crippen LogP contribution in [0.1, 0.15) is 37.0 Å². The lowest BCUT2D eigenvalue weighted by atomic mass is 9.92. The molecule has 116 valence electrons. The maximum Gasteiger partial charge on any atom is 0.251 e. The Morgan fingerprint density at radius 3 is 2.48 bits per heavy atom. The summed E-state index contributed by atoms with van der Waals surface area (Å²) in [5.41, 5.74) is 0.666. The zero-order chi connectivity index (χ0) is 15.2. The average molecular weight is 309 g/mol. The predicted molar refractivity (Wildman–Crippen MR) is 87.8 cm³/mol. The molecule has 1 aromatic carbocycles. The molecular formula is C17H25ClN2O. The van der Waals surface area contributed by atoms with E-state index in [0.29, 0.717) is 10.6 Å². The van der Waals surface area contributed by atoms with Gasteiger partial charge in [-0.25, -0.2) is 0 Å². The van der Waals surface area contributed by atoms with Crippen LogP contribution in [-0.2, 0) is 0 Å². The first-order valence-electron chi connectivity index (χ1n) is 7.80. The number of carbonyl (C=O) groups excluding carboxylic acids is 1. The molecule has 0 bridgehead atoms.